The van der Waals surface area contributed by atoms with Crippen LogP contribution in [0.25, 0.3) is 10.9 Å². The van der Waals surface area contributed by atoms with Crippen molar-refractivity contribution in [2.75, 3.05) is 6.61 Å². The summed E-state index contributed by atoms with van der Waals surface area (Å²) in [5, 5.41) is 2.17. The average molecular weight is 240 g/mol. The number of nitrogens with zero attached hydrogens (tertiary/aromatic N) is 1. The Morgan fingerprint density at radius 2 is 2.07 bits per heavy atom. The van der Waals surface area contributed by atoms with E-state index in [0.29, 0.717) is 10.0 Å². The van der Waals surface area contributed by atoms with Gasteiger partial charge in [-0.3, -0.25) is 0 Å². The molecule has 0 aliphatic carbocycles. The van der Waals surface area contributed by atoms with Crippen molar-refractivity contribution in [3.8, 4) is 0 Å². The maximum Gasteiger partial charge on any atom is 0.123 e. The highest BCUT2D eigenvalue weighted by molar-refractivity contribution is 6.38. The lowest BCUT2D eigenvalue weighted by atomic mass is 10.2. The third-order valence-electron chi connectivity index (χ3n) is 2.40. The molecule has 0 amide bonds. The summed E-state index contributed by atoms with van der Waals surface area (Å²) >= 11 is 12.0. The van der Waals surface area contributed by atoms with E-state index in [2.05, 4.69) is 4.98 Å². The van der Waals surface area contributed by atoms with Gasteiger partial charge in [0, 0.05) is 10.4 Å². The smallest absolute Gasteiger partial charge is 0.123 e. The normalized spacial score (nSPS) is 19.5. The molecule has 3 rings (SSSR count). The SMILES string of the molecule is Clc1cc(Cl)c2nc(C3CO3)ccc2c1. The van der Waals surface area contributed by atoms with E-state index in [0.717, 1.165) is 23.2 Å². The van der Waals surface area contributed by atoms with Crippen LogP contribution in [0.4, 0.5) is 0 Å². The van der Waals surface area contributed by atoms with E-state index in [1.54, 1.807) is 6.07 Å². The van der Waals surface area contributed by atoms with E-state index in [4.69, 9.17) is 27.9 Å². The molecule has 0 radical (unpaired) electrons. The highest BCUT2D eigenvalue weighted by Crippen LogP contribution is 2.32. The fourth-order valence-corrected chi connectivity index (χ4v) is 2.12. The largest absolute Gasteiger partial charge is 0.366 e. The highest BCUT2D eigenvalue weighted by Gasteiger charge is 2.26. The zero-order valence-electron chi connectivity index (χ0n) is 7.71. The Hall–Kier alpha value is -0.830. The fraction of sp³-hybridized carbons (Fsp3) is 0.182. The second kappa shape index (κ2) is 3.34. The maximum absolute atomic E-state index is 6.07. The Morgan fingerprint density at radius 3 is 2.80 bits per heavy atom. The highest BCUT2D eigenvalue weighted by atomic mass is 35.5. The minimum Gasteiger partial charge on any atom is -0.366 e. The van der Waals surface area contributed by atoms with Crippen molar-refractivity contribution < 1.29 is 4.74 Å². The molecular formula is C11H7Cl2NO. The van der Waals surface area contributed by atoms with Crippen LogP contribution in [0.3, 0.4) is 0 Å². The number of epoxide rings is 1. The lowest BCUT2D eigenvalue weighted by Gasteiger charge is -2.02. The molecule has 15 heavy (non-hydrogen) atoms. The van der Waals surface area contributed by atoms with Gasteiger partial charge in [-0.2, -0.15) is 0 Å². The van der Waals surface area contributed by atoms with Crippen molar-refractivity contribution in [2.24, 2.45) is 0 Å². The van der Waals surface area contributed by atoms with Gasteiger partial charge in [0.2, 0.25) is 0 Å². The van der Waals surface area contributed by atoms with Crippen LogP contribution in [-0.2, 0) is 4.74 Å². The zero-order valence-corrected chi connectivity index (χ0v) is 9.22. The molecule has 0 N–H and O–H groups in total. The predicted molar refractivity (Wildman–Crippen MR) is 60.5 cm³/mol. The van der Waals surface area contributed by atoms with Crippen LogP contribution in [0.5, 0.6) is 0 Å². The average Bonchev–Trinajstić information content (AvgIpc) is 3.00. The first-order valence-corrected chi connectivity index (χ1v) is 5.37. The van der Waals surface area contributed by atoms with Crippen LogP contribution >= 0.6 is 23.2 Å². The van der Waals surface area contributed by atoms with E-state index < -0.39 is 0 Å². The van der Waals surface area contributed by atoms with E-state index >= 15 is 0 Å². The van der Waals surface area contributed by atoms with Gasteiger partial charge in [0.15, 0.2) is 0 Å². The Bertz CT molecular complexity index is 537. The number of halogens is 2. The van der Waals surface area contributed by atoms with Crippen molar-refractivity contribution in [1.29, 1.82) is 0 Å². The summed E-state index contributed by atoms with van der Waals surface area (Å²) in [4.78, 5) is 4.46. The minimum absolute atomic E-state index is 0.154. The predicted octanol–water partition coefficient (Wildman–Crippen LogP) is 3.61. The van der Waals surface area contributed by atoms with Gasteiger partial charge in [0.05, 0.1) is 22.8 Å². The number of aromatic nitrogens is 1. The molecule has 2 heterocycles. The molecular weight excluding hydrogens is 233 g/mol. The van der Waals surface area contributed by atoms with Gasteiger partial charge in [0.25, 0.3) is 0 Å². The summed E-state index contributed by atoms with van der Waals surface area (Å²) in [7, 11) is 0. The summed E-state index contributed by atoms with van der Waals surface area (Å²) in [6.07, 6.45) is 0.154. The quantitative estimate of drug-likeness (QED) is 0.711. The fourth-order valence-electron chi connectivity index (χ4n) is 1.57. The van der Waals surface area contributed by atoms with Crippen molar-refractivity contribution in [3.05, 3.63) is 40.0 Å². The van der Waals surface area contributed by atoms with Crippen LogP contribution in [0.15, 0.2) is 24.3 Å². The third-order valence-corrected chi connectivity index (χ3v) is 2.90. The van der Waals surface area contributed by atoms with Crippen LogP contribution < -0.4 is 0 Å². The number of rotatable bonds is 1. The summed E-state index contributed by atoms with van der Waals surface area (Å²) < 4.78 is 5.18. The Balaban J connectivity index is 2.25. The van der Waals surface area contributed by atoms with Gasteiger partial charge in [-0.05, 0) is 18.2 Å². The molecule has 1 aromatic carbocycles. The molecule has 1 atom stereocenters. The summed E-state index contributed by atoms with van der Waals surface area (Å²) in [5.41, 5.74) is 1.72. The van der Waals surface area contributed by atoms with E-state index in [1.165, 1.54) is 0 Å². The molecule has 0 spiro atoms. The van der Waals surface area contributed by atoms with Gasteiger partial charge in [-0.25, -0.2) is 4.98 Å². The van der Waals surface area contributed by atoms with Crippen LogP contribution in [0.1, 0.15) is 11.8 Å². The number of hydrogen-bond donors (Lipinski definition) is 0. The van der Waals surface area contributed by atoms with Gasteiger partial charge >= 0.3 is 0 Å². The van der Waals surface area contributed by atoms with Gasteiger partial charge in [0.1, 0.15) is 6.10 Å². The van der Waals surface area contributed by atoms with E-state index in [1.807, 2.05) is 18.2 Å². The zero-order chi connectivity index (χ0) is 10.4. The molecule has 1 aliphatic rings. The number of benzene rings is 1. The number of pyridine rings is 1. The monoisotopic (exact) mass is 239 g/mol. The molecule has 0 saturated carbocycles. The minimum atomic E-state index is 0.154. The summed E-state index contributed by atoms with van der Waals surface area (Å²) in [6, 6.07) is 7.48. The molecule has 1 saturated heterocycles. The first kappa shape index (κ1) is 9.40. The lowest BCUT2D eigenvalue weighted by molar-refractivity contribution is 0.412. The molecule has 76 valence electrons. The molecule has 4 heteroatoms. The Morgan fingerprint density at radius 1 is 1.27 bits per heavy atom. The Labute approximate surface area is 96.8 Å². The molecule has 1 fully saturated rings. The standard InChI is InChI=1S/C11H7Cl2NO/c12-7-3-6-1-2-9(10-5-15-10)14-11(6)8(13)4-7/h1-4,10H,5H2. The molecule has 1 aliphatic heterocycles. The number of ether oxygens (including phenoxy) is 1. The summed E-state index contributed by atoms with van der Waals surface area (Å²) in [5.74, 6) is 0. The van der Waals surface area contributed by atoms with Crippen molar-refractivity contribution in [3.63, 3.8) is 0 Å². The summed E-state index contributed by atoms with van der Waals surface area (Å²) in [6.45, 7) is 0.754. The second-order valence-electron chi connectivity index (χ2n) is 3.52. The van der Waals surface area contributed by atoms with Gasteiger partial charge in [-0.1, -0.05) is 29.3 Å². The maximum atomic E-state index is 6.07. The van der Waals surface area contributed by atoms with Gasteiger partial charge in [-0.15, -0.1) is 0 Å². The molecule has 0 bridgehead atoms. The van der Waals surface area contributed by atoms with Crippen LogP contribution in [0, 0.1) is 0 Å². The number of fused-ring (bicyclic) bond motifs is 1. The van der Waals surface area contributed by atoms with Crippen LogP contribution in [-0.4, -0.2) is 11.6 Å². The van der Waals surface area contributed by atoms with E-state index in [9.17, 15) is 0 Å². The van der Waals surface area contributed by atoms with Crippen molar-refractivity contribution >= 4 is 34.1 Å². The molecule has 1 aromatic heterocycles. The van der Waals surface area contributed by atoms with Gasteiger partial charge < -0.3 is 4.74 Å². The third kappa shape index (κ3) is 1.69. The van der Waals surface area contributed by atoms with E-state index in [-0.39, 0.29) is 6.10 Å². The first-order chi connectivity index (χ1) is 7.24. The molecule has 1 unspecified atom stereocenters. The lowest BCUT2D eigenvalue weighted by Crippen LogP contribution is -1.88. The Kier molecular flexibility index (Phi) is 2.09. The number of hydrogen-bond acceptors (Lipinski definition) is 2. The second-order valence-corrected chi connectivity index (χ2v) is 4.36. The molecule has 2 aromatic rings. The first-order valence-electron chi connectivity index (χ1n) is 4.61. The topological polar surface area (TPSA) is 25.4 Å². The van der Waals surface area contributed by atoms with Crippen molar-refractivity contribution in [1.82, 2.24) is 4.98 Å². The van der Waals surface area contributed by atoms with Crippen LogP contribution in [0.2, 0.25) is 10.0 Å². The van der Waals surface area contributed by atoms with Crippen molar-refractivity contribution in [2.45, 2.75) is 6.10 Å². The molecule has 2 nitrogen and oxygen atoms in total.